The number of aryl methyl sites for hydroxylation is 2. The maximum atomic E-state index is 12.7. The zero-order valence-electron chi connectivity index (χ0n) is 30.5. The summed E-state index contributed by atoms with van der Waals surface area (Å²) in [4.78, 5) is 76.3. The highest BCUT2D eigenvalue weighted by atomic mass is 16.7. The number of Topliss-reactive ketones (excluding diaryl/α,β-unsaturated/α-hetero) is 1. The van der Waals surface area contributed by atoms with E-state index in [1.54, 1.807) is 49.6 Å². The van der Waals surface area contributed by atoms with Crippen LogP contribution in [0, 0.1) is 0 Å². The van der Waals surface area contributed by atoms with Gasteiger partial charge in [0.15, 0.2) is 0 Å². The third kappa shape index (κ3) is 11.2. The normalized spacial score (nSPS) is 13.1. The van der Waals surface area contributed by atoms with Crippen molar-refractivity contribution in [3.63, 3.8) is 0 Å². The molecule has 4 aromatic rings. The second-order valence-electron chi connectivity index (χ2n) is 14.2. The lowest BCUT2D eigenvalue weighted by Crippen LogP contribution is -2.34. The van der Waals surface area contributed by atoms with Gasteiger partial charge >= 0.3 is 18.2 Å². The number of hydrogen-bond acceptors (Lipinski definition) is 9. The average Bonchev–Trinajstić information content (AvgIpc) is 3.75. The van der Waals surface area contributed by atoms with Crippen LogP contribution < -0.4 is 10.6 Å². The van der Waals surface area contributed by atoms with Crippen LogP contribution >= 0.6 is 0 Å². The number of nitrogens with one attached hydrogen (secondary N) is 2. The Morgan fingerprint density at radius 3 is 1.79 bits per heavy atom. The lowest BCUT2D eigenvalue weighted by atomic mass is 10.1. The van der Waals surface area contributed by atoms with Crippen molar-refractivity contribution in [2.45, 2.75) is 91.5 Å². The van der Waals surface area contributed by atoms with E-state index in [1.165, 1.54) is 17.1 Å². The lowest BCUT2D eigenvalue weighted by molar-refractivity contribution is -0.193. The van der Waals surface area contributed by atoms with Crippen molar-refractivity contribution in [3.8, 4) is 0 Å². The Morgan fingerprint density at radius 2 is 1.21 bits per heavy atom. The molecule has 2 N–H and O–H groups in total. The summed E-state index contributed by atoms with van der Waals surface area (Å²) in [7, 11) is 0. The van der Waals surface area contributed by atoms with Crippen LogP contribution in [-0.4, -0.2) is 74.2 Å². The molecule has 0 spiro atoms. The molecule has 1 aliphatic heterocycles. The van der Waals surface area contributed by atoms with Gasteiger partial charge in [-0.15, -0.1) is 5.06 Å². The summed E-state index contributed by atoms with van der Waals surface area (Å²) in [6, 6.07) is 17.4. The summed E-state index contributed by atoms with van der Waals surface area (Å²) in [5.41, 5.74) is 1.01. The highest BCUT2D eigenvalue weighted by Gasteiger charge is 2.35. The minimum atomic E-state index is -1.30. The van der Waals surface area contributed by atoms with Gasteiger partial charge in [0, 0.05) is 67.8 Å². The summed E-state index contributed by atoms with van der Waals surface area (Å²) in [6.07, 6.45) is 4.04. The molecule has 52 heavy (non-hydrogen) atoms. The number of hydroxylamine groups is 2. The first-order chi connectivity index (χ1) is 24.5. The zero-order chi connectivity index (χ0) is 38.1. The van der Waals surface area contributed by atoms with Crippen LogP contribution in [-0.2, 0) is 41.8 Å². The van der Waals surface area contributed by atoms with Gasteiger partial charge in [-0.1, -0.05) is 36.4 Å². The molecule has 1 saturated heterocycles. The van der Waals surface area contributed by atoms with Crippen LogP contribution in [0.4, 0.5) is 9.59 Å². The van der Waals surface area contributed by atoms with Crippen molar-refractivity contribution < 1.29 is 43.1 Å². The number of ether oxygens (including phenoxy) is 2. The van der Waals surface area contributed by atoms with Crippen molar-refractivity contribution in [1.82, 2.24) is 24.8 Å². The van der Waals surface area contributed by atoms with Gasteiger partial charge < -0.3 is 34.1 Å². The molecule has 0 aliphatic carbocycles. The molecule has 14 heteroatoms. The van der Waals surface area contributed by atoms with E-state index in [1.807, 2.05) is 32.9 Å². The Morgan fingerprint density at radius 1 is 0.692 bits per heavy atom. The second-order valence-corrected chi connectivity index (χ2v) is 14.2. The molecule has 278 valence electrons. The molecule has 5 rings (SSSR count). The molecule has 0 atom stereocenters. The van der Waals surface area contributed by atoms with Gasteiger partial charge in [0.1, 0.15) is 11.2 Å². The topological polar surface area (TPSA) is 167 Å². The highest BCUT2D eigenvalue weighted by molar-refractivity contribution is 6.43. The number of benzene rings is 2. The van der Waals surface area contributed by atoms with Crippen LogP contribution in [0.15, 0.2) is 67.0 Å². The highest BCUT2D eigenvalue weighted by Crippen LogP contribution is 2.23. The second kappa shape index (κ2) is 17.0. The number of hydrogen-bond donors (Lipinski definition) is 2. The summed E-state index contributed by atoms with van der Waals surface area (Å²) < 4.78 is 14.4. The quantitative estimate of drug-likeness (QED) is 0.0831. The largest absolute Gasteiger partial charge is 0.444 e. The number of amides is 4. The van der Waals surface area contributed by atoms with Gasteiger partial charge in [-0.3, -0.25) is 14.4 Å². The van der Waals surface area contributed by atoms with Crippen molar-refractivity contribution in [2.75, 3.05) is 13.1 Å². The number of ketones is 1. The summed E-state index contributed by atoms with van der Waals surface area (Å²) in [6.45, 7) is 13.2. The minimum Gasteiger partial charge on any atom is -0.444 e. The van der Waals surface area contributed by atoms with E-state index < -0.39 is 40.9 Å². The SMILES string of the molecule is CC(C)(C)OC(=O)NCCCn1cc(C(=O)C(=O)ON2C(=O)CCC2=O)c2ccccc21.CC(C)(C)OC(=O)NCCCn1ccc2ccccc21. The number of fused-ring (bicyclic) bond motifs is 2. The van der Waals surface area contributed by atoms with E-state index in [2.05, 4.69) is 39.6 Å². The van der Waals surface area contributed by atoms with E-state index in [-0.39, 0.29) is 24.5 Å². The van der Waals surface area contributed by atoms with Crippen LogP contribution in [0.25, 0.3) is 21.8 Å². The third-order valence-corrected chi connectivity index (χ3v) is 7.57. The van der Waals surface area contributed by atoms with Crippen molar-refractivity contribution >= 4 is 57.6 Å². The molecule has 14 nitrogen and oxygen atoms in total. The number of aromatic nitrogens is 2. The minimum absolute atomic E-state index is 0.0586. The molecule has 0 bridgehead atoms. The predicted molar refractivity (Wildman–Crippen MR) is 193 cm³/mol. The molecule has 0 unspecified atom stereocenters. The molecule has 1 aliphatic rings. The monoisotopic (exact) mass is 717 g/mol. The predicted octanol–water partition coefficient (Wildman–Crippen LogP) is 5.90. The first kappa shape index (κ1) is 39.1. The Labute approximate surface area is 302 Å². The number of carbonyl (C=O) groups is 6. The standard InChI is InChI=1S/C22H25N3O7.C16H22N2O2/c1-22(2,3)31-21(30)23-11-6-12-24-13-15(14-7-4-5-8-16(14)24)19(28)20(29)32-25-17(26)9-10-18(25)27;1-16(2,3)20-15(19)17-10-6-11-18-12-9-13-7-4-5-8-14(13)18/h4-5,7-8,13H,6,9-12H2,1-3H3,(H,23,30);4-5,7-9,12H,6,10-11H2,1-3H3,(H,17,19). The van der Waals surface area contributed by atoms with Crippen LogP contribution in [0.5, 0.6) is 0 Å². The number of carbonyl (C=O) groups excluding carboxylic acids is 6. The first-order valence-corrected chi connectivity index (χ1v) is 17.2. The van der Waals surface area contributed by atoms with Crippen molar-refractivity contribution in [3.05, 3.63) is 72.6 Å². The smallest absolute Gasteiger partial charge is 0.407 e. The zero-order valence-corrected chi connectivity index (χ0v) is 30.5. The molecular formula is C38H47N5O9. The molecule has 4 amide bonds. The number of rotatable bonds is 11. The molecular weight excluding hydrogens is 670 g/mol. The number of imide groups is 1. The maximum absolute atomic E-state index is 12.7. The molecule has 0 radical (unpaired) electrons. The Kier molecular flexibility index (Phi) is 12.8. The van der Waals surface area contributed by atoms with Crippen LogP contribution in [0.2, 0.25) is 0 Å². The fourth-order valence-corrected chi connectivity index (χ4v) is 5.35. The van der Waals surface area contributed by atoms with E-state index in [4.69, 9.17) is 14.3 Å². The Bertz CT molecular complexity index is 1910. The molecule has 3 heterocycles. The molecule has 2 aromatic carbocycles. The van der Waals surface area contributed by atoms with Crippen molar-refractivity contribution in [1.29, 1.82) is 0 Å². The van der Waals surface area contributed by atoms with E-state index >= 15 is 0 Å². The summed E-state index contributed by atoms with van der Waals surface area (Å²) in [5, 5.41) is 7.57. The number of alkyl carbamates (subject to hydrolysis) is 2. The fraction of sp³-hybridized carbons (Fsp3) is 0.421. The van der Waals surface area contributed by atoms with Gasteiger partial charge in [0.25, 0.3) is 17.6 Å². The van der Waals surface area contributed by atoms with E-state index in [9.17, 15) is 28.8 Å². The van der Waals surface area contributed by atoms with Gasteiger partial charge in [-0.2, -0.15) is 0 Å². The van der Waals surface area contributed by atoms with Crippen molar-refractivity contribution in [2.24, 2.45) is 0 Å². The lowest BCUT2D eigenvalue weighted by Gasteiger charge is -2.19. The Balaban J connectivity index is 0.000000259. The van der Waals surface area contributed by atoms with Crippen LogP contribution in [0.1, 0.15) is 77.6 Å². The molecule has 2 aromatic heterocycles. The van der Waals surface area contributed by atoms with Crippen LogP contribution in [0.3, 0.4) is 0 Å². The van der Waals surface area contributed by atoms with Gasteiger partial charge in [-0.25, -0.2) is 14.4 Å². The van der Waals surface area contributed by atoms with E-state index in [0.717, 1.165) is 13.0 Å². The number of nitrogens with zero attached hydrogens (tertiary/aromatic N) is 3. The summed E-state index contributed by atoms with van der Waals surface area (Å²) in [5.74, 6) is -3.57. The maximum Gasteiger partial charge on any atom is 0.407 e. The first-order valence-electron chi connectivity index (χ1n) is 17.2. The molecule has 0 saturated carbocycles. The number of para-hydroxylation sites is 2. The van der Waals surface area contributed by atoms with Gasteiger partial charge in [0.2, 0.25) is 0 Å². The third-order valence-electron chi connectivity index (χ3n) is 7.57. The summed E-state index contributed by atoms with van der Waals surface area (Å²) >= 11 is 0. The fourth-order valence-electron chi connectivity index (χ4n) is 5.35. The average molecular weight is 718 g/mol. The Hall–Kier alpha value is -5.66. The molecule has 1 fully saturated rings. The van der Waals surface area contributed by atoms with Gasteiger partial charge in [0.05, 0.1) is 5.56 Å². The van der Waals surface area contributed by atoms with Gasteiger partial charge in [-0.05, 0) is 78.0 Å². The van der Waals surface area contributed by atoms with E-state index in [0.29, 0.717) is 42.0 Å².